The molecule has 0 saturated heterocycles. The molecule has 0 aliphatic heterocycles. The Balaban J connectivity index is 1.98. The third-order valence-electron chi connectivity index (χ3n) is 4.00. The van der Waals surface area contributed by atoms with Gasteiger partial charge in [-0.25, -0.2) is 0 Å². The minimum Gasteiger partial charge on any atom is -0.497 e. The minimum atomic E-state index is -4.75. The van der Waals surface area contributed by atoms with Gasteiger partial charge in [0.15, 0.2) is 5.52 Å². The number of halogens is 3. The van der Waals surface area contributed by atoms with E-state index in [0.717, 1.165) is 4.52 Å². The predicted molar refractivity (Wildman–Crippen MR) is 89.8 cm³/mol. The number of alkyl halides is 3. The maximum atomic E-state index is 12.9. The summed E-state index contributed by atoms with van der Waals surface area (Å²) in [4.78, 5) is 16.2. The van der Waals surface area contributed by atoms with Crippen LogP contribution in [0.1, 0.15) is 5.82 Å². The van der Waals surface area contributed by atoms with E-state index in [1.807, 2.05) is 0 Å². The van der Waals surface area contributed by atoms with Crippen LogP contribution in [0.4, 0.5) is 13.2 Å². The number of benzene rings is 1. The third kappa shape index (κ3) is 2.69. The molecular weight excluding hydrogens is 381 g/mol. The van der Waals surface area contributed by atoms with Gasteiger partial charge in [0.1, 0.15) is 17.0 Å². The Morgan fingerprint density at radius 2 is 1.86 bits per heavy atom. The summed E-state index contributed by atoms with van der Waals surface area (Å²) in [7, 11) is 2.91. The Kier molecular flexibility index (Phi) is 3.91. The van der Waals surface area contributed by atoms with Crippen molar-refractivity contribution in [3.8, 4) is 17.2 Å². The first-order valence-corrected chi connectivity index (χ1v) is 7.78. The molecule has 0 bridgehead atoms. The van der Waals surface area contributed by atoms with Gasteiger partial charge >= 0.3 is 6.18 Å². The summed E-state index contributed by atoms with van der Waals surface area (Å²) in [6.45, 7) is 0. The number of pyridine rings is 1. The molecule has 0 amide bonds. The molecule has 144 valence electrons. The molecule has 4 aromatic rings. The van der Waals surface area contributed by atoms with Gasteiger partial charge in [-0.05, 0) is 18.2 Å². The van der Waals surface area contributed by atoms with Gasteiger partial charge in [-0.3, -0.25) is 9.36 Å². The van der Waals surface area contributed by atoms with Crippen LogP contribution in [0.5, 0.6) is 11.5 Å². The molecule has 0 atom stereocenters. The van der Waals surface area contributed by atoms with Crippen molar-refractivity contribution in [2.24, 2.45) is 0 Å². The van der Waals surface area contributed by atoms with Gasteiger partial charge in [0.2, 0.25) is 0 Å². The number of fused-ring (bicyclic) bond motifs is 3. The summed E-state index contributed by atoms with van der Waals surface area (Å²) in [6, 6.07) is 6.25. The van der Waals surface area contributed by atoms with E-state index in [2.05, 4.69) is 20.3 Å². The Labute approximate surface area is 154 Å². The predicted octanol–water partition coefficient (Wildman–Crippen LogP) is 1.86. The first-order chi connectivity index (χ1) is 13.3. The molecular formula is C16H11F3N6O3. The summed E-state index contributed by atoms with van der Waals surface area (Å²) >= 11 is 0. The fraction of sp³-hybridized carbons (Fsp3) is 0.188. The highest BCUT2D eigenvalue weighted by atomic mass is 19.4. The van der Waals surface area contributed by atoms with Crippen molar-refractivity contribution in [3.05, 3.63) is 46.6 Å². The lowest BCUT2D eigenvalue weighted by molar-refractivity contribution is -0.144. The molecule has 0 N–H and O–H groups in total. The van der Waals surface area contributed by atoms with E-state index >= 15 is 0 Å². The first-order valence-electron chi connectivity index (χ1n) is 7.78. The average molecular weight is 392 g/mol. The highest BCUT2D eigenvalue weighted by Crippen LogP contribution is 2.28. The van der Waals surface area contributed by atoms with Gasteiger partial charge in [0, 0.05) is 12.3 Å². The van der Waals surface area contributed by atoms with Crippen molar-refractivity contribution in [3.63, 3.8) is 0 Å². The fourth-order valence-electron chi connectivity index (χ4n) is 2.70. The van der Waals surface area contributed by atoms with Crippen LogP contribution in [0.25, 0.3) is 22.5 Å². The maximum absolute atomic E-state index is 12.9. The van der Waals surface area contributed by atoms with Crippen molar-refractivity contribution < 1.29 is 22.6 Å². The van der Waals surface area contributed by atoms with E-state index in [-0.39, 0.29) is 16.8 Å². The molecule has 0 saturated carbocycles. The number of nitrogens with zero attached hydrogens (tertiary/aromatic N) is 6. The van der Waals surface area contributed by atoms with E-state index in [4.69, 9.17) is 9.47 Å². The normalized spacial score (nSPS) is 11.9. The highest BCUT2D eigenvalue weighted by molar-refractivity contribution is 5.75. The van der Waals surface area contributed by atoms with Gasteiger partial charge in [-0.1, -0.05) is 0 Å². The Hall–Kier alpha value is -3.70. The lowest BCUT2D eigenvalue weighted by atomic mass is 10.2. The summed E-state index contributed by atoms with van der Waals surface area (Å²) in [5.74, 6) is -0.865. The molecule has 0 spiro atoms. The smallest absolute Gasteiger partial charge is 0.453 e. The van der Waals surface area contributed by atoms with E-state index in [1.165, 1.54) is 31.0 Å². The van der Waals surface area contributed by atoms with Crippen LogP contribution in [-0.4, -0.2) is 43.6 Å². The molecule has 3 heterocycles. The van der Waals surface area contributed by atoms with Gasteiger partial charge in [0.25, 0.3) is 17.2 Å². The van der Waals surface area contributed by atoms with Gasteiger partial charge in [-0.15, -0.1) is 15.3 Å². The summed E-state index contributed by atoms with van der Waals surface area (Å²) in [5.41, 5.74) is -0.401. The Morgan fingerprint density at radius 3 is 2.54 bits per heavy atom. The highest BCUT2D eigenvalue weighted by Gasteiger charge is 2.37. The van der Waals surface area contributed by atoms with E-state index in [1.54, 1.807) is 18.2 Å². The molecule has 0 radical (unpaired) electrons. The van der Waals surface area contributed by atoms with Gasteiger partial charge in [0.05, 0.1) is 19.9 Å². The SMILES string of the molecule is COc1ccc(OC)c(-n2ccc3c(nnc4nc(C(F)(F)F)nn43)c2=O)c1. The van der Waals surface area contributed by atoms with Crippen LogP contribution in [-0.2, 0) is 6.18 Å². The van der Waals surface area contributed by atoms with Crippen LogP contribution in [0, 0.1) is 0 Å². The zero-order valence-electron chi connectivity index (χ0n) is 14.4. The van der Waals surface area contributed by atoms with Crippen LogP contribution in [0.3, 0.4) is 0 Å². The van der Waals surface area contributed by atoms with E-state index in [9.17, 15) is 18.0 Å². The van der Waals surface area contributed by atoms with Crippen LogP contribution in [0.15, 0.2) is 35.3 Å². The van der Waals surface area contributed by atoms with Crippen molar-refractivity contribution >= 4 is 16.8 Å². The molecule has 3 aromatic heterocycles. The topological polar surface area (TPSA) is 96.4 Å². The van der Waals surface area contributed by atoms with Crippen LogP contribution >= 0.6 is 0 Å². The lowest BCUT2D eigenvalue weighted by Gasteiger charge is -2.12. The summed E-state index contributed by atoms with van der Waals surface area (Å²) < 4.78 is 51.1. The zero-order valence-corrected chi connectivity index (χ0v) is 14.4. The molecule has 12 heteroatoms. The second kappa shape index (κ2) is 6.18. The van der Waals surface area contributed by atoms with E-state index < -0.39 is 17.6 Å². The fourth-order valence-corrected chi connectivity index (χ4v) is 2.70. The number of aromatic nitrogens is 6. The lowest BCUT2D eigenvalue weighted by Crippen LogP contribution is -2.20. The van der Waals surface area contributed by atoms with Crippen molar-refractivity contribution in [2.45, 2.75) is 6.18 Å². The van der Waals surface area contributed by atoms with Gasteiger partial charge in [-0.2, -0.15) is 22.7 Å². The van der Waals surface area contributed by atoms with Crippen LogP contribution < -0.4 is 15.0 Å². The standard InChI is InChI=1S/C16H11F3N6O3/c1-27-8-3-4-11(28-2)10(7-8)24-6-5-9-12(13(24)26)21-22-15-20-14(16(17,18)19)23-25(9)15/h3-7H,1-2H3. The van der Waals surface area contributed by atoms with Crippen molar-refractivity contribution in [2.75, 3.05) is 14.2 Å². The zero-order chi connectivity index (χ0) is 20.1. The Morgan fingerprint density at radius 1 is 1.07 bits per heavy atom. The monoisotopic (exact) mass is 392 g/mol. The first kappa shape index (κ1) is 17.7. The minimum absolute atomic E-state index is 0.0381. The van der Waals surface area contributed by atoms with Crippen LogP contribution in [0.2, 0.25) is 0 Å². The maximum Gasteiger partial charge on any atom is 0.453 e. The molecule has 0 unspecified atom stereocenters. The van der Waals surface area contributed by atoms with Crippen molar-refractivity contribution in [1.29, 1.82) is 0 Å². The molecule has 0 aliphatic carbocycles. The second-order valence-corrected chi connectivity index (χ2v) is 5.61. The quantitative estimate of drug-likeness (QED) is 0.525. The number of hydrogen-bond donors (Lipinski definition) is 0. The molecule has 9 nitrogen and oxygen atoms in total. The number of ether oxygens (including phenoxy) is 2. The molecule has 1 aromatic carbocycles. The number of hydrogen-bond acceptors (Lipinski definition) is 7. The molecule has 0 aliphatic rings. The molecule has 0 fully saturated rings. The number of rotatable bonds is 3. The summed E-state index contributed by atoms with van der Waals surface area (Å²) in [5, 5.41) is 10.7. The van der Waals surface area contributed by atoms with Crippen molar-refractivity contribution in [1.82, 2.24) is 29.4 Å². The largest absolute Gasteiger partial charge is 0.497 e. The van der Waals surface area contributed by atoms with E-state index in [0.29, 0.717) is 17.2 Å². The number of methoxy groups -OCH3 is 2. The molecule has 4 rings (SSSR count). The average Bonchev–Trinajstić information content (AvgIpc) is 3.13. The Bertz CT molecular complexity index is 1260. The summed E-state index contributed by atoms with van der Waals surface area (Å²) in [6.07, 6.45) is -3.37. The van der Waals surface area contributed by atoms with Gasteiger partial charge < -0.3 is 9.47 Å². The molecule has 28 heavy (non-hydrogen) atoms. The third-order valence-corrected chi connectivity index (χ3v) is 4.00. The second-order valence-electron chi connectivity index (χ2n) is 5.61.